The Bertz CT molecular complexity index is 653. The molecule has 0 atom stereocenters. The largest absolute Gasteiger partial charge is 0.450 e. The molecule has 0 radical (unpaired) electrons. The molecule has 0 unspecified atom stereocenters. The number of sulfonamides is 1. The van der Waals surface area contributed by atoms with E-state index in [0.29, 0.717) is 18.7 Å². The number of H-pyrrole nitrogens is 1. The molecule has 0 aliphatic heterocycles. The van der Waals surface area contributed by atoms with Crippen LogP contribution in [-0.2, 0) is 23.1 Å². The number of hydrogen-bond donors (Lipinski definition) is 3. The second kappa shape index (κ2) is 6.48. The first-order chi connectivity index (χ1) is 9.53. The number of aliphatic hydroxyl groups is 1. The van der Waals surface area contributed by atoms with Gasteiger partial charge in [-0.25, -0.2) is 18.1 Å². The van der Waals surface area contributed by atoms with Gasteiger partial charge in [0.05, 0.1) is 0 Å². The molecule has 0 spiro atoms. The zero-order valence-electron chi connectivity index (χ0n) is 10.3. The number of aryl methyl sites for hydroxylation is 1. The first-order valence-corrected chi connectivity index (χ1v) is 8.03. The van der Waals surface area contributed by atoms with E-state index in [-0.39, 0.29) is 28.5 Å². The number of nitrogens with zero attached hydrogens (tertiary/aromatic N) is 2. The third-order valence-electron chi connectivity index (χ3n) is 2.50. The molecule has 0 aliphatic carbocycles. The van der Waals surface area contributed by atoms with E-state index in [1.165, 1.54) is 12.4 Å². The van der Waals surface area contributed by atoms with Crippen molar-refractivity contribution in [1.29, 1.82) is 0 Å². The average Bonchev–Trinajstić information content (AvgIpc) is 3.04. The van der Waals surface area contributed by atoms with Crippen LogP contribution >= 0.6 is 15.9 Å². The summed E-state index contributed by atoms with van der Waals surface area (Å²) in [7, 11) is -3.67. The molecule has 2 heterocycles. The molecule has 0 bridgehead atoms. The summed E-state index contributed by atoms with van der Waals surface area (Å²) < 4.78 is 31.6. The van der Waals surface area contributed by atoms with E-state index in [0.717, 1.165) is 0 Å². The van der Waals surface area contributed by atoms with Crippen molar-refractivity contribution < 1.29 is 17.9 Å². The number of halogens is 1. The Kier molecular flexibility index (Phi) is 4.91. The lowest BCUT2D eigenvalue weighted by Crippen LogP contribution is -2.25. The highest BCUT2D eigenvalue weighted by molar-refractivity contribution is 9.10. The average molecular weight is 365 g/mol. The molecule has 2 rings (SSSR count). The summed E-state index contributed by atoms with van der Waals surface area (Å²) in [6.07, 6.45) is 2.58. The van der Waals surface area contributed by atoms with Gasteiger partial charge in [0.15, 0.2) is 4.67 Å². The lowest BCUT2D eigenvalue weighted by Gasteiger charge is -2.04. The van der Waals surface area contributed by atoms with Crippen LogP contribution in [0.2, 0.25) is 0 Å². The van der Waals surface area contributed by atoms with E-state index in [2.05, 4.69) is 35.8 Å². The van der Waals surface area contributed by atoms with Crippen LogP contribution < -0.4 is 4.72 Å². The zero-order valence-corrected chi connectivity index (χ0v) is 12.7. The molecule has 3 N–H and O–H groups in total. The predicted molar refractivity (Wildman–Crippen MR) is 72.2 cm³/mol. The van der Waals surface area contributed by atoms with Crippen molar-refractivity contribution in [3.05, 3.63) is 28.6 Å². The Morgan fingerprint density at radius 1 is 1.50 bits per heavy atom. The van der Waals surface area contributed by atoms with Crippen molar-refractivity contribution in [3.8, 4) is 0 Å². The molecular weight excluding hydrogens is 352 g/mol. The van der Waals surface area contributed by atoms with E-state index in [4.69, 9.17) is 9.52 Å². The van der Waals surface area contributed by atoms with Gasteiger partial charge in [0.25, 0.3) is 0 Å². The molecule has 2 aromatic rings. The van der Waals surface area contributed by atoms with Crippen LogP contribution in [0.3, 0.4) is 0 Å². The fourth-order valence-corrected chi connectivity index (χ4v) is 3.62. The minimum absolute atomic E-state index is 0.0267. The number of hydrogen-bond acceptors (Lipinski definition) is 6. The monoisotopic (exact) mass is 364 g/mol. The van der Waals surface area contributed by atoms with Gasteiger partial charge in [-0.3, -0.25) is 5.10 Å². The quantitative estimate of drug-likeness (QED) is 0.617. The highest BCUT2D eigenvalue weighted by Gasteiger charge is 2.21. The second-order valence-electron chi connectivity index (χ2n) is 3.94. The molecule has 0 saturated heterocycles. The lowest BCUT2D eigenvalue weighted by atomic mass is 10.3. The third kappa shape index (κ3) is 3.66. The van der Waals surface area contributed by atoms with Crippen molar-refractivity contribution in [2.24, 2.45) is 0 Å². The van der Waals surface area contributed by atoms with E-state index in [1.807, 2.05) is 0 Å². The van der Waals surface area contributed by atoms with Crippen molar-refractivity contribution in [3.63, 3.8) is 0 Å². The summed E-state index contributed by atoms with van der Waals surface area (Å²) in [4.78, 5) is 3.92. The van der Waals surface area contributed by atoms with Gasteiger partial charge >= 0.3 is 0 Å². The van der Waals surface area contributed by atoms with E-state index < -0.39 is 10.0 Å². The Balaban J connectivity index is 1.91. The highest BCUT2D eigenvalue weighted by Crippen LogP contribution is 2.25. The van der Waals surface area contributed by atoms with Crippen molar-refractivity contribution in [2.45, 2.75) is 24.3 Å². The molecule has 0 amide bonds. The molecular formula is C10H13BrN4O4S. The van der Waals surface area contributed by atoms with E-state index >= 15 is 0 Å². The fourth-order valence-electron chi connectivity index (χ4n) is 1.55. The number of aromatic amines is 1. The van der Waals surface area contributed by atoms with E-state index in [9.17, 15) is 8.42 Å². The van der Waals surface area contributed by atoms with Crippen LogP contribution in [0.25, 0.3) is 0 Å². The summed E-state index contributed by atoms with van der Waals surface area (Å²) >= 11 is 3.01. The zero-order chi connectivity index (χ0) is 14.6. The molecule has 20 heavy (non-hydrogen) atoms. The maximum Gasteiger partial charge on any atom is 0.244 e. The summed E-state index contributed by atoms with van der Waals surface area (Å²) in [5, 5.41) is 15.3. The Labute approximate surface area is 123 Å². The molecule has 0 aliphatic rings. The second-order valence-corrected chi connectivity index (χ2v) is 6.40. The van der Waals surface area contributed by atoms with Crippen LogP contribution in [0.4, 0.5) is 0 Å². The Morgan fingerprint density at radius 2 is 2.30 bits per heavy atom. The van der Waals surface area contributed by atoms with Gasteiger partial charge in [0.1, 0.15) is 29.4 Å². The molecule has 2 aromatic heterocycles. The minimum Gasteiger partial charge on any atom is -0.450 e. The van der Waals surface area contributed by atoms with Crippen LogP contribution in [0, 0.1) is 0 Å². The third-order valence-corrected chi connectivity index (χ3v) is 4.82. The Hall–Kier alpha value is -1.23. The topological polar surface area (TPSA) is 121 Å². The van der Waals surface area contributed by atoms with Gasteiger partial charge < -0.3 is 9.52 Å². The smallest absolute Gasteiger partial charge is 0.244 e. The molecule has 0 saturated carbocycles. The number of furan rings is 1. The van der Waals surface area contributed by atoms with Gasteiger partial charge in [0, 0.05) is 19.0 Å². The van der Waals surface area contributed by atoms with E-state index in [1.54, 1.807) is 0 Å². The summed E-state index contributed by atoms with van der Waals surface area (Å²) in [6.45, 7) is -0.102. The van der Waals surface area contributed by atoms with Gasteiger partial charge in [0.2, 0.25) is 10.0 Å². The van der Waals surface area contributed by atoms with Crippen molar-refractivity contribution in [1.82, 2.24) is 19.9 Å². The summed E-state index contributed by atoms with van der Waals surface area (Å²) in [5.41, 5.74) is 0. The SMILES string of the molecule is O=S(=O)(NCCCc1ncn[nH]1)c1cc(CO)oc1Br. The van der Waals surface area contributed by atoms with Crippen molar-refractivity contribution in [2.75, 3.05) is 6.54 Å². The van der Waals surface area contributed by atoms with Crippen molar-refractivity contribution >= 4 is 26.0 Å². The summed E-state index contributed by atoms with van der Waals surface area (Å²) in [5.74, 6) is 0.884. The normalized spacial score (nSPS) is 11.9. The summed E-state index contributed by atoms with van der Waals surface area (Å²) in [6, 6.07) is 1.28. The Morgan fingerprint density at radius 3 is 2.90 bits per heavy atom. The first-order valence-electron chi connectivity index (χ1n) is 5.76. The lowest BCUT2D eigenvalue weighted by molar-refractivity contribution is 0.245. The highest BCUT2D eigenvalue weighted by atomic mass is 79.9. The maximum atomic E-state index is 12.0. The molecule has 0 fully saturated rings. The first kappa shape index (κ1) is 15.2. The van der Waals surface area contributed by atoms with Crippen LogP contribution in [0.5, 0.6) is 0 Å². The standard InChI is InChI=1S/C10H13BrN4O4S/c11-10-8(4-7(5-16)19-10)20(17,18)14-3-1-2-9-12-6-13-15-9/h4,6,14,16H,1-3,5H2,(H,12,13,15). The number of aromatic nitrogens is 3. The maximum absolute atomic E-state index is 12.0. The van der Waals surface area contributed by atoms with Gasteiger partial charge in [-0.15, -0.1) is 0 Å². The predicted octanol–water partition coefficient (Wildman–Crippen LogP) is 0.564. The minimum atomic E-state index is -3.67. The molecule has 8 nitrogen and oxygen atoms in total. The van der Waals surface area contributed by atoms with Gasteiger partial charge in [-0.2, -0.15) is 5.10 Å². The number of rotatable bonds is 7. The number of nitrogens with one attached hydrogen (secondary N) is 2. The van der Waals surface area contributed by atoms with Gasteiger partial charge in [-0.1, -0.05) is 0 Å². The van der Waals surface area contributed by atoms with Crippen LogP contribution in [0.15, 0.2) is 26.4 Å². The molecule has 110 valence electrons. The van der Waals surface area contributed by atoms with Crippen LogP contribution in [-0.4, -0.2) is 35.3 Å². The molecule has 10 heteroatoms. The fraction of sp³-hybridized carbons (Fsp3) is 0.400. The van der Waals surface area contributed by atoms with Gasteiger partial charge in [-0.05, 0) is 22.4 Å². The van der Waals surface area contributed by atoms with Crippen LogP contribution in [0.1, 0.15) is 18.0 Å². The number of aliphatic hydroxyl groups excluding tert-OH is 1. The molecule has 0 aromatic carbocycles.